The second-order valence-corrected chi connectivity index (χ2v) is 17.5. The Kier molecular flexibility index (Phi) is 12.4. The molecule has 15 heteroatoms. The molecule has 0 aromatic carbocycles. The summed E-state index contributed by atoms with van der Waals surface area (Å²) in [5.74, 6) is 0.490. The van der Waals surface area contributed by atoms with Crippen molar-refractivity contribution in [3.63, 3.8) is 0 Å². The molecule has 6 aliphatic rings. The average molecular weight is 745 g/mol. The van der Waals surface area contributed by atoms with Crippen LogP contribution in [-0.4, -0.2) is 126 Å². The fourth-order valence-corrected chi connectivity index (χ4v) is 10.5. The first-order valence-corrected chi connectivity index (χ1v) is 20.7. The number of carbonyl (C=O) groups excluding carboxylic acids is 3. The summed E-state index contributed by atoms with van der Waals surface area (Å²) in [4.78, 5) is 49.3. The minimum absolute atomic E-state index is 0.0200. The first-order chi connectivity index (χ1) is 24.7. The van der Waals surface area contributed by atoms with Gasteiger partial charge in [-0.1, -0.05) is 13.3 Å². The number of hydrogen-bond acceptors (Lipinski definition) is 12. The van der Waals surface area contributed by atoms with Crippen molar-refractivity contribution in [1.82, 2.24) is 46.7 Å². The van der Waals surface area contributed by atoms with Gasteiger partial charge in [0.05, 0.1) is 46.9 Å². The molecule has 5 aliphatic heterocycles. The van der Waals surface area contributed by atoms with Crippen molar-refractivity contribution >= 4 is 46.8 Å². The third kappa shape index (κ3) is 9.37. The zero-order valence-corrected chi connectivity index (χ0v) is 31.7. The number of halogens is 1. The van der Waals surface area contributed by atoms with Crippen molar-refractivity contribution in [3.05, 3.63) is 24.0 Å². The number of piperidine rings is 2. The van der Waals surface area contributed by atoms with Gasteiger partial charge in [-0.05, 0) is 62.5 Å². The lowest BCUT2D eigenvalue weighted by Crippen LogP contribution is -2.68. The number of anilines is 1. The van der Waals surface area contributed by atoms with Crippen molar-refractivity contribution in [2.75, 3.05) is 57.3 Å². The minimum Gasteiger partial charge on any atom is -0.370 e. The largest absolute Gasteiger partial charge is 0.370 e. The monoisotopic (exact) mass is 744 g/mol. The Morgan fingerprint density at radius 2 is 1.82 bits per heavy atom. The van der Waals surface area contributed by atoms with E-state index in [1.165, 1.54) is 0 Å². The number of amides is 3. The summed E-state index contributed by atoms with van der Waals surface area (Å²) in [5.41, 5.74) is 1.99. The van der Waals surface area contributed by atoms with E-state index in [0.29, 0.717) is 37.4 Å². The van der Waals surface area contributed by atoms with Gasteiger partial charge in [-0.3, -0.25) is 50.9 Å². The summed E-state index contributed by atoms with van der Waals surface area (Å²) < 4.78 is 0. The number of imide groups is 1. The molecule has 282 valence electrons. The first kappa shape index (κ1) is 37.3. The van der Waals surface area contributed by atoms with Crippen LogP contribution < -0.4 is 36.8 Å². The van der Waals surface area contributed by atoms with Crippen LogP contribution in [0.1, 0.15) is 76.7 Å². The number of rotatable bonds is 9. The first-order valence-electron chi connectivity index (χ1n) is 19.3. The van der Waals surface area contributed by atoms with Crippen LogP contribution in [0.4, 0.5) is 5.69 Å². The highest BCUT2D eigenvalue weighted by molar-refractivity contribution is 8.01. The highest BCUT2D eigenvalue weighted by Gasteiger charge is 2.38. The summed E-state index contributed by atoms with van der Waals surface area (Å²) in [6, 6.07) is 2.15. The molecule has 1 aromatic rings. The predicted molar refractivity (Wildman–Crippen MR) is 201 cm³/mol. The Bertz CT molecular complexity index is 1370. The van der Waals surface area contributed by atoms with Crippen LogP contribution in [-0.2, 0) is 14.4 Å². The Hall–Kier alpha value is -2.04. The molecule has 9 unspecified atom stereocenters. The van der Waals surface area contributed by atoms with Gasteiger partial charge >= 0.3 is 0 Å². The molecule has 0 spiro atoms. The molecule has 3 amide bonds. The van der Waals surface area contributed by atoms with E-state index < -0.39 is 0 Å². The fourth-order valence-electron chi connectivity index (χ4n) is 8.94. The summed E-state index contributed by atoms with van der Waals surface area (Å²) in [6.07, 6.45) is 11.7. The van der Waals surface area contributed by atoms with Crippen molar-refractivity contribution in [2.24, 2.45) is 11.8 Å². The molecule has 5 saturated heterocycles. The van der Waals surface area contributed by atoms with E-state index in [1.54, 1.807) is 18.0 Å². The van der Waals surface area contributed by atoms with Gasteiger partial charge in [0.25, 0.3) is 0 Å². The van der Waals surface area contributed by atoms with Crippen LogP contribution in [0.3, 0.4) is 0 Å². The van der Waals surface area contributed by atoms with E-state index in [-0.39, 0.29) is 58.1 Å². The van der Waals surface area contributed by atoms with Gasteiger partial charge in [0.2, 0.25) is 17.7 Å². The lowest BCUT2D eigenvalue weighted by molar-refractivity contribution is -0.134. The molecular formula is C36H57ClN10O3S. The molecule has 51 heavy (non-hydrogen) atoms. The maximum atomic E-state index is 13.1. The van der Waals surface area contributed by atoms with E-state index in [1.807, 2.05) is 6.20 Å². The van der Waals surface area contributed by atoms with Crippen LogP contribution in [0.25, 0.3) is 0 Å². The molecule has 1 saturated carbocycles. The summed E-state index contributed by atoms with van der Waals surface area (Å²) >= 11 is 8.27. The van der Waals surface area contributed by atoms with Crippen molar-refractivity contribution in [2.45, 2.75) is 112 Å². The molecule has 6 N–H and O–H groups in total. The summed E-state index contributed by atoms with van der Waals surface area (Å²) in [5, 5.41) is 20.4. The molecule has 13 nitrogen and oxygen atoms in total. The number of hydrogen-bond donors (Lipinski definition) is 6. The van der Waals surface area contributed by atoms with Gasteiger partial charge in [0, 0.05) is 77.4 Å². The molecule has 0 radical (unpaired) electrons. The quantitative estimate of drug-likeness (QED) is 0.161. The average Bonchev–Trinajstić information content (AvgIpc) is 3.59. The molecule has 9 atom stereocenters. The van der Waals surface area contributed by atoms with E-state index >= 15 is 0 Å². The Morgan fingerprint density at radius 3 is 2.59 bits per heavy atom. The van der Waals surface area contributed by atoms with E-state index in [0.717, 1.165) is 95.6 Å². The third-order valence-electron chi connectivity index (χ3n) is 12.0. The lowest BCUT2D eigenvalue weighted by Gasteiger charge is -2.46. The molecule has 7 rings (SSSR count). The van der Waals surface area contributed by atoms with Crippen LogP contribution in [0.15, 0.2) is 18.5 Å². The Balaban J connectivity index is 0.820. The van der Waals surface area contributed by atoms with Gasteiger partial charge in [-0.2, -0.15) is 0 Å². The van der Waals surface area contributed by atoms with Crippen LogP contribution in [0, 0.1) is 11.8 Å². The van der Waals surface area contributed by atoms with Gasteiger partial charge < -0.3 is 15.1 Å². The van der Waals surface area contributed by atoms with Gasteiger partial charge in [0.1, 0.15) is 5.50 Å². The fraction of sp³-hybridized carbons (Fsp3) is 0.778. The second-order valence-electron chi connectivity index (χ2n) is 15.6. The standard InChI is InChI=1S/C36H57ClN10O3S/c1-22-4-3-5-28(37)33(22)44-35(50)29-20-39-36(51-29)42-30-17-31(41-23(2)40-30)47-14-12-45(13-15-47)21-24-8-10-46(11-9-24)26-16-25(18-38-19-26)27-6-7-32(48)43-34(27)49/h16,18-19,22-24,27-31,33,36,39-42H,3-15,17,20-21H2,1-2H3,(H,44,50)(H,43,48,49). The highest BCUT2D eigenvalue weighted by atomic mass is 35.5. The number of nitrogens with one attached hydrogen (secondary N) is 6. The van der Waals surface area contributed by atoms with Crippen LogP contribution in [0.2, 0.25) is 0 Å². The summed E-state index contributed by atoms with van der Waals surface area (Å²) in [7, 11) is 0. The van der Waals surface area contributed by atoms with Crippen molar-refractivity contribution < 1.29 is 14.4 Å². The highest BCUT2D eigenvalue weighted by Crippen LogP contribution is 2.31. The van der Waals surface area contributed by atoms with Gasteiger partial charge in [-0.15, -0.1) is 23.4 Å². The van der Waals surface area contributed by atoms with Crippen LogP contribution >= 0.6 is 23.4 Å². The number of thioether (sulfide) groups is 1. The van der Waals surface area contributed by atoms with E-state index in [4.69, 9.17) is 11.6 Å². The number of aromatic nitrogens is 1. The number of nitrogens with zero attached hydrogens (tertiary/aromatic N) is 4. The number of piperazine rings is 1. The van der Waals surface area contributed by atoms with Gasteiger partial charge in [0.15, 0.2) is 0 Å². The Morgan fingerprint density at radius 1 is 1.02 bits per heavy atom. The maximum absolute atomic E-state index is 13.1. The summed E-state index contributed by atoms with van der Waals surface area (Å²) in [6.45, 7) is 12.4. The number of carbonyl (C=O) groups is 3. The second kappa shape index (κ2) is 17.0. The number of pyridine rings is 1. The predicted octanol–water partition coefficient (Wildman–Crippen LogP) is 1.51. The van der Waals surface area contributed by atoms with E-state index in [9.17, 15) is 14.4 Å². The molecule has 6 fully saturated rings. The topological polar surface area (TPSA) is 146 Å². The van der Waals surface area contributed by atoms with E-state index in [2.05, 4.69) is 71.5 Å². The minimum atomic E-state index is -0.303. The number of alkyl halides is 1. The molecule has 1 aliphatic carbocycles. The normalized spacial score (nSPS) is 36.2. The van der Waals surface area contributed by atoms with Crippen molar-refractivity contribution in [3.8, 4) is 0 Å². The molecule has 6 heterocycles. The zero-order valence-electron chi connectivity index (χ0n) is 30.1. The zero-order chi connectivity index (χ0) is 35.5. The molecular weight excluding hydrogens is 688 g/mol. The lowest BCUT2D eigenvalue weighted by atomic mass is 9.85. The molecule has 1 aromatic heterocycles. The Labute approximate surface area is 311 Å². The van der Waals surface area contributed by atoms with Crippen molar-refractivity contribution in [1.29, 1.82) is 0 Å². The smallest absolute Gasteiger partial charge is 0.234 e. The molecule has 0 bridgehead atoms. The maximum Gasteiger partial charge on any atom is 0.234 e. The SMILES string of the molecule is CC1NC(NC2NCC(C(=O)NC3C(C)CCCC3Cl)S2)CC(N2CCN(CC3CCN(c4cncc(C5CCC(=O)NC5=O)c4)CC3)CC2)N1. The third-order valence-corrected chi connectivity index (χ3v) is 13.7. The van der Waals surface area contributed by atoms with Crippen LogP contribution in [0.5, 0.6) is 0 Å². The van der Waals surface area contributed by atoms with Gasteiger partial charge in [-0.25, -0.2) is 0 Å².